The van der Waals surface area contributed by atoms with Crippen molar-refractivity contribution in [3.63, 3.8) is 0 Å². The quantitative estimate of drug-likeness (QED) is 0.606. The number of hydrogen-bond acceptors (Lipinski definition) is 2. The van der Waals surface area contributed by atoms with E-state index in [9.17, 15) is 44.6 Å². The normalized spacial score (nSPS) is 24.6. The molecule has 1 saturated carbocycles. The summed E-state index contributed by atoms with van der Waals surface area (Å²) in [7, 11) is 0. The van der Waals surface area contributed by atoms with Crippen LogP contribution in [0.4, 0.5) is 39.5 Å². The Bertz CT molecular complexity index is 741. The van der Waals surface area contributed by atoms with Crippen molar-refractivity contribution >= 4 is 0 Å². The number of benzene rings is 1. The average Bonchev–Trinajstić information content (AvgIpc) is 2.61. The van der Waals surface area contributed by atoms with Gasteiger partial charge in [0.05, 0.1) is 6.07 Å². The van der Waals surface area contributed by atoms with E-state index >= 15 is 0 Å². The number of aromatic hydroxyl groups is 1. The van der Waals surface area contributed by atoms with E-state index in [2.05, 4.69) is 0 Å². The summed E-state index contributed by atoms with van der Waals surface area (Å²) in [6, 6.07) is 6.34. The second-order valence-corrected chi connectivity index (χ2v) is 6.78. The van der Waals surface area contributed by atoms with Crippen LogP contribution in [0.15, 0.2) is 24.3 Å². The predicted octanol–water partition coefficient (Wildman–Crippen LogP) is 6.03. The molecular formula is C17H14F9NO. The van der Waals surface area contributed by atoms with Crippen LogP contribution >= 0.6 is 0 Å². The molecule has 1 fully saturated rings. The van der Waals surface area contributed by atoms with Gasteiger partial charge in [0.15, 0.2) is 0 Å². The Morgan fingerprint density at radius 1 is 0.857 bits per heavy atom. The molecule has 28 heavy (non-hydrogen) atoms. The highest BCUT2D eigenvalue weighted by atomic mass is 19.4. The first-order valence-corrected chi connectivity index (χ1v) is 8.03. The second-order valence-electron chi connectivity index (χ2n) is 6.78. The van der Waals surface area contributed by atoms with Gasteiger partial charge in [0, 0.05) is 0 Å². The zero-order valence-corrected chi connectivity index (χ0v) is 14.0. The molecule has 1 aromatic carbocycles. The van der Waals surface area contributed by atoms with Crippen LogP contribution in [0.3, 0.4) is 0 Å². The summed E-state index contributed by atoms with van der Waals surface area (Å²) < 4.78 is 119. The van der Waals surface area contributed by atoms with Crippen LogP contribution in [0.5, 0.6) is 5.75 Å². The Kier molecular flexibility index (Phi) is 5.34. The topological polar surface area (TPSA) is 44.0 Å². The number of halogens is 9. The fourth-order valence-electron chi connectivity index (χ4n) is 3.36. The van der Waals surface area contributed by atoms with Crippen LogP contribution in [-0.2, 0) is 0 Å². The maximum absolute atomic E-state index is 14.4. The number of alkyl halides is 9. The molecule has 1 N–H and O–H groups in total. The molecule has 156 valence electrons. The minimum atomic E-state index is -7.01. The van der Waals surface area contributed by atoms with Crippen molar-refractivity contribution in [3.8, 4) is 11.8 Å². The first-order valence-electron chi connectivity index (χ1n) is 8.03. The molecule has 1 aliphatic rings. The Morgan fingerprint density at radius 3 is 1.71 bits per heavy atom. The maximum Gasteiger partial charge on any atom is 0.460 e. The van der Waals surface area contributed by atoms with Crippen LogP contribution in [-0.4, -0.2) is 29.1 Å². The summed E-state index contributed by atoms with van der Waals surface area (Å²) in [6.45, 7) is 0. The van der Waals surface area contributed by atoms with Crippen LogP contribution in [0.2, 0.25) is 0 Å². The van der Waals surface area contributed by atoms with Gasteiger partial charge in [-0.05, 0) is 49.3 Å². The molecule has 0 saturated heterocycles. The van der Waals surface area contributed by atoms with Gasteiger partial charge in [-0.15, -0.1) is 0 Å². The number of phenolic OH excluding ortho intramolecular Hbond substituents is 1. The Balaban J connectivity index is 2.33. The Labute approximate surface area is 153 Å². The summed E-state index contributed by atoms with van der Waals surface area (Å²) in [4.78, 5) is 0. The van der Waals surface area contributed by atoms with Gasteiger partial charge in [0.25, 0.3) is 0 Å². The largest absolute Gasteiger partial charge is 0.508 e. The van der Waals surface area contributed by atoms with E-state index in [0.29, 0.717) is 5.56 Å². The monoisotopic (exact) mass is 419 g/mol. The minimum Gasteiger partial charge on any atom is -0.508 e. The van der Waals surface area contributed by atoms with Gasteiger partial charge in [0.1, 0.15) is 11.2 Å². The molecule has 0 aliphatic heterocycles. The lowest BCUT2D eigenvalue weighted by atomic mass is 9.64. The van der Waals surface area contributed by atoms with Crippen molar-refractivity contribution in [2.45, 2.75) is 55.5 Å². The van der Waals surface area contributed by atoms with Gasteiger partial charge >= 0.3 is 23.9 Å². The summed E-state index contributed by atoms with van der Waals surface area (Å²) in [5, 5.41) is 18.3. The van der Waals surface area contributed by atoms with Gasteiger partial charge in [-0.2, -0.15) is 44.8 Å². The first-order chi connectivity index (χ1) is 12.6. The number of nitrogens with zero attached hydrogens (tertiary/aromatic N) is 1. The molecule has 0 radical (unpaired) electrons. The van der Waals surface area contributed by atoms with E-state index in [1.807, 2.05) is 0 Å². The van der Waals surface area contributed by atoms with Gasteiger partial charge in [-0.25, -0.2) is 0 Å². The maximum atomic E-state index is 14.4. The third-order valence-electron chi connectivity index (χ3n) is 5.16. The number of rotatable bonds is 4. The zero-order valence-electron chi connectivity index (χ0n) is 14.0. The van der Waals surface area contributed by atoms with Crippen molar-refractivity contribution in [3.05, 3.63) is 29.8 Å². The molecule has 0 amide bonds. The molecule has 0 aromatic heterocycles. The summed E-state index contributed by atoms with van der Waals surface area (Å²) in [5.74, 6) is -20.3. The van der Waals surface area contributed by atoms with E-state index in [0.717, 1.165) is 6.07 Å². The lowest BCUT2D eigenvalue weighted by Gasteiger charge is -2.44. The molecule has 0 unspecified atom stereocenters. The van der Waals surface area contributed by atoms with Gasteiger partial charge in [0.2, 0.25) is 0 Å². The number of nitriles is 1. The third kappa shape index (κ3) is 3.16. The van der Waals surface area contributed by atoms with Crippen molar-refractivity contribution in [2.75, 3.05) is 0 Å². The van der Waals surface area contributed by atoms with E-state index < -0.39 is 48.1 Å². The molecule has 2 rings (SSSR count). The van der Waals surface area contributed by atoms with Crippen molar-refractivity contribution in [1.29, 1.82) is 5.26 Å². The molecule has 1 aromatic rings. The molecule has 0 atom stereocenters. The fourth-order valence-corrected chi connectivity index (χ4v) is 3.36. The molecule has 2 nitrogen and oxygen atoms in total. The average molecular weight is 419 g/mol. The van der Waals surface area contributed by atoms with Gasteiger partial charge in [-0.3, -0.25) is 0 Å². The SMILES string of the molecule is N#CC1(C(F)(F)C(F)(F)C(F)(F)C(F)(F)F)CCC(c2ccc(O)cc2)CC1. The predicted molar refractivity (Wildman–Crippen MR) is 78.3 cm³/mol. The minimum absolute atomic E-state index is 0.0912. The molecule has 11 heteroatoms. The Morgan fingerprint density at radius 2 is 1.32 bits per heavy atom. The highest BCUT2D eigenvalue weighted by Crippen LogP contribution is 2.62. The molecule has 0 bridgehead atoms. The standard InChI is InChI=1S/C17H14F9NO/c18-14(19,15(20,21)16(22,23)17(24,25)26)13(9-27)7-5-11(6-8-13)10-1-3-12(28)4-2-10/h1-4,11,28H,5-8H2. The highest BCUT2D eigenvalue weighted by molar-refractivity contribution is 5.29. The lowest BCUT2D eigenvalue weighted by molar-refractivity contribution is -0.409. The zero-order chi connectivity index (χ0) is 21.6. The van der Waals surface area contributed by atoms with Gasteiger partial charge in [-0.1, -0.05) is 12.1 Å². The smallest absolute Gasteiger partial charge is 0.460 e. The van der Waals surface area contributed by atoms with Crippen molar-refractivity contribution < 1.29 is 44.6 Å². The van der Waals surface area contributed by atoms with Crippen LogP contribution in [0, 0.1) is 16.7 Å². The van der Waals surface area contributed by atoms with Gasteiger partial charge < -0.3 is 5.11 Å². The van der Waals surface area contributed by atoms with E-state index in [1.165, 1.54) is 24.3 Å². The fraction of sp³-hybridized carbons (Fsp3) is 0.588. The van der Waals surface area contributed by atoms with E-state index in [1.54, 1.807) is 0 Å². The van der Waals surface area contributed by atoms with Crippen LogP contribution in [0.1, 0.15) is 37.2 Å². The summed E-state index contributed by atoms with van der Waals surface area (Å²) in [5.41, 5.74) is -2.85. The highest BCUT2D eigenvalue weighted by Gasteiger charge is 2.85. The first kappa shape index (κ1) is 22.2. The molecule has 1 aliphatic carbocycles. The van der Waals surface area contributed by atoms with Crippen LogP contribution in [0.25, 0.3) is 0 Å². The second kappa shape index (κ2) is 6.74. The summed E-state index contributed by atoms with van der Waals surface area (Å²) >= 11 is 0. The Hall–Kier alpha value is -2.12. The lowest BCUT2D eigenvalue weighted by Crippen LogP contribution is -2.66. The molecule has 0 heterocycles. The van der Waals surface area contributed by atoms with E-state index in [4.69, 9.17) is 5.26 Å². The molecule has 0 spiro atoms. The van der Waals surface area contributed by atoms with Crippen molar-refractivity contribution in [2.24, 2.45) is 5.41 Å². The van der Waals surface area contributed by atoms with Crippen molar-refractivity contribution in [1.82, 2.24) is 0 Å². The van der Waals surface area contributed by atoms with E-state index in [-0.39, 0.29) is 18.6 Å². The summed E-state index contributed by atoms with van der Waals surface area (Å²) in [6.07, 6.45) is -9.51. The number of hydrogen-bond donors (Lipinski definition) is 1. The number of phenols is 1. The van der Waals surface area contributed by atoms with Crippen LogP contribution < -0.4 is 0 Å². The molecular weight excluding hydrogens is 405 g/mol. The third-order valence-corrected chi connectivity index (χ3v) is 5.16.